The van der Waals surface area contributed by atoms with Crippen LogP contribution in [0, 0.1) is 13.8 Å². The highest BCUT2D eigenvalue weighted by Gasteiger charge is 2.38. The van der Waals surface area contributed by atoms with Gasteiger partial charge in [-0.1, -0.05) is 12.1 Å². The minimum atomic E-state index is -0.423. The van der Waals surface area contributed by atoms with Gasteiger partial charge in [-0.15, -0.1) is 0 Å². The molecule has 2 aromatic carbocycles. The Kier molecular flexibility index (Phi) is 4.66. The van der Waals surface area contributed by atoms with Crippen LogP contribution < -0.4 is 19.7 Å². The Balaban J connectivity index is 1.94. The predicted octanol–water partition coefficient (Wildman–Crippen LogP) is 3.83. The summed E-state index contributed by atoms with van der Waals surface area (Å²) in [5.74, 6) is 1.12. The fraction of sp³-hybridized carbons (Fsp3) is 0.273. The van der Waals surface area contributed by atoms with Crippen LogP contribution in [-0.2, 0) is 7.05 Å². The van der Waals surface area contributed by atoms with Gasteiger partial charge in [-0.2, -0.15) is 5.10 Å². The lowest BCUT2D eigenvalue weighted by Crippen LogP contribution is -2.43. The van der Waals surface area contributed by atoms with Crippen LogP contribution in [0.2, 0.25) is 0 Å². The molecule has 29 heavy (non-hydrogen) atoms. The van der Waals surface area contributed by atoms with Crippen LogP contribution in [0.3, 0.4) is 0 Å². The second-order valence-electron chi connectivity index (χ2n) is 7.01. The number of nitrogens with zero attached hydrogens (tertiary/aromatic N) is 3. The third kappa shape index (κ3) is 2.99. The zero-order valence-electron chi connectivity index (χ0n) is 17.2. The van der Waals surface area contributed by atoms with Crippen LogP contribution in [0.25, 0.3) is 0 Å². The molecule has 7 nitrogen and oxygen atoms in total. The van der Waals surface area contributed by atoms with Crippen molar-refractivity contribution in [3.8, 4) is 11.5 Å². The molecule has 1 N–H and O–H groups in total. The van der Waals surface area contributed by atoms with Crippen molar-refractivity contribution in [2.75, 3.05) is 24.4 Å². The Labute approximate surface area is 169 Å². The third-order valence-corrected chi connectivity index (χ3v) is 5.41. The van der Waals surface area contributed by atoms with E-state index in [9.17, 15) is 4.79 Å². The molecule has 4 rings (SSSR count). The van der Waals surface area contributed by atoms with Crippen molar-refractivity contribution in [1.29, 1.82) is 0 Å². The zero-order chi connectivity index (χ0) is 20.7. The Morgan fingerprint density at radius 2 is 1.83 bits per heavy atom. The maximum Gasteiger partial charge on any atom is 0.262 e. The number of carbonyl (C=O) groups excluding carboxylic acids is 1. The molecule has 0 aliphatic carbocycles. The Morgan fingerprint density at radius 1 is 1.07 bits per heavy atom. The maximum atomic E-state index is 13.6. The molecule has 2 heterocycles. The van der Waals surface area contributed by atoms with Crippen molar-refractivity contribution in [3.05, 3.63) is 65.0 Å². The van der Waals surface area contributed by atoms with E-state index in [4.69, 9.17) is 9.47 Å². The molecule has 1 amide bonds. The van der Waals surface area contributed by atoms with Gasteiger partial charge in [0.15, 0.2) is 0 Å². The largest absolute Gasteiger partial charge is 0.497 e. The first-order valence-electron chi connectivity index (χ1n) is 9.37. The summed E-state index contributed by atoms with van der Waals surface area (Å²) < 4.78 is 12.8. The van der Waals surface area contributed by atoms with E-state index in [2.05, 4.69) is 10.4 Å². The minimum absolute atomic E-state index is 0.101. The fourth-order valence-corrected chi connectivity index (χ4v) is 3.87. The summed E-state index contributed by atoms with van der Waals surface area (Å²) in [6.07, 6.45) is -0.423. The van der Waals surface area contributed by atoms with Gasteiger partial charge in [0.1, 0.15) is 17.7 Å². The molecular formula is C22H24N4O3. The van der Waals surface area contributed by atoms with E-state index in [1.54, 1.807) is 25.2 Å². The van der Waals surface area contributed by atoms with Gasteiger partial charge in [-0.05, 0) is 38.1 Å². The fourth-order valence-electron chi connectivity index (χ4n) is 3.87. The van der Waals surface area contributed by atoms with E-state index >= 15 is 0 Å². The summed E-state index contributed by atoms with van der Waals surface area (Å²) in [5.41, 5.74) is 4.90. The molecule has 1 aliphatic heterocycles. The van der Waals surface area contributed by atoms with E-state index in [0.29, 0.717) is 22.7 Å². The lowest BCUT2D eigenvalue weighted by molar-refractivity contribution is 0.0974. The Hall–Kier alpha value is -3.48. The highest BCUT2D eigenvalue weighted by Crippen LogP contribution is 2.42. The number of methoxy groups -OCH3 is 2. The number of hydrogen-bond donors (Lipinski definition) is 1. The van der Waals surface area contributed by atoms with Crippen molar-refractivity contribution < 1.29 is 14.3 Å². The molecule has 150 valence electrons. The maximum absolute atomic E-state index is 13.6. The SMILES string of the molecule is COc1ccc(N2C(=O)c3ccccc3N[C@H]2c2c(C)nn(C)c2C)c(OC)c1. The van der Waals surface area contributed by atoms with Gasteiger partial charge in [-0.25, -0.2) is 0 Å². The summed E-state index contributed by atoms with van der Waals surface area (Å²) >= 11 is 0. The number of para-hydroxylation sites is 1. The van der Waals surface area contributed by atoms with Gasteiger partial charge in [0.25, 0.3) is 5.91 Å². The molecule has 1 atom stereocenters. The Morgan fingerprint density at radius 3 is 2.48 bits per heavy atom. The number of rotatable bonds is 4. The monoisotopic (exact) mass is 392 g/mol. The number of anilines is 2. The van der Waals surface area contributed by atoms with Crippen molar-refractivity contribution in [2.45, 2.75) is 20.0 Å². The topological polar surface area (TPSA) is 68.6 Å². The molecule has 0 unspecified atom stereocenters. The van der Waals surface area contributed by atoms with E-state index in [1.807, 2.05) is 62.0 Å². The number of aryl methyl sites for hydroxylation is 2. The molecule has 0 bridgehead atoms. The van der Waals surface area contributed by atoms with Crippen LogP contribution in [0.4, 0.5) is 11.4 Å². The highest BCUT2D eigenvalue weighted by molar-refractivity contribution is 6.12. The smallest absolute Gasteiger partial charge is 0.262 e. The second-order valence-corrected chi connectivity index (χ2v) is 7.01. The van der Waals surface area contributed by atoms with Crippen molar-refractivity contribution in [1.82, 2.24) is 9.78 Å². The Bertz CT molecular complexity index is 1090. The molecule has 0 saturated carbocycles. The van der Waals surface area contributed by atoms with Crippen LogP contribution in [0.5, 0.6) is 11.5 Å². The molecule has 3 aromatic rings. The standard InChI is InChI=1S/C22H24N4O3/c1-13-20(14(2)25(3)24-13)21-23-17-9-7-6-8-16(17)22(27)26(21)18-11-10-15(28-4)12-19(18)29-5/h6-12,21,23H,1-5H3/t21-/m1/s1. The molecule has 0 saturated heterocycles. The number of amides is 1. The summed E-state index contributed by atoms with van der Waals surface area (Å²) in [5, 5.41) is 8.08. The van der Waals surface area contributed by atoms with Gasteiger partial charge >= 0.3 is 0 Å². The number of aromatic nitrogens is 2. The average Bonchev–Trinajstić information content (AvgIpc) is 2.99. The zero-order valence-corrected chi connectivity index (χ0v) is 17.2. The second kappa shape index (κ2) is 7.16. The third-order valence-electron chi connectivity index (χ3n) is 5.41. The lowest BCUT2D eigenvalue weighted by atomic mass is 10.0. The molecule has 7 heteroatoms. The normalized spacial score (nSPS) is 15.7. The summed E-state index contributed by atoms with van der Waals surface area (Å²) in [6.45, 7) is 3.96. The first kappa shape index (κ1) is 18.9. The molecule has 1 aliphatic rings. The summed E-state index contributed by atoms with van der Waals surface area (Å²) in [4.78, 5) is 15.4. The van der Waals surface area contributed by atoms with Crippen molar-refractivity contribution >= 4 is 17.3 Å². The molecule has 0 fully saturated rings. The van der Waals surface area contributed by atoms with Gasteiger partial charge in [0.2, 0.25) is 0 Å². The number of carbonyl (C=O) groups is 1. The quantitative estimate of drug-likeness (QED) is 0.731. The lowest BCUT2D eigenvalue weighted by Gasteiger charge is -2.38. The molecule has 1 aromatic heterocycles. The van der Waals surface area contributed by atoms with Crippen molar-refractivity contribution in [2.24, 2.45) is 7.05 Å². The van der Waals surface area contributed by atoms with Crippen molar-refractivity contribution in [3.63, 3.8) is 0 Å². The molecule has 0 spiro atoms. The van der Waals surface area contributed by atoms with E-state index in [-0.39, 0.29) is 5.91 Å². The minimum Gasteiger partial charge on any atom is -0.497 e. The first-order valence-corrected chi connectivity index (χ1v) is 9.37. The van der Waals surface area contributed by atoms with E-state index in [1.165, 1.54) is 0 Å². The van der Waals surface area contributed by atoms with Crippen LogP contribution in [0.15, 0.2) is 42.5 Å². The number of nitrogens with one attached hydrogen (secondary N) is 1. The van der Waals surface area contributed by atoms with Crippen LogP contribution >= 0.6 is 0 Å². The molecular weight excluding hydrogens is 368 g/mol. The van der Waals surface area contributed by atoms with Crippen LogP contribution in [0.1, 0.15) is 33.5 Å². The average molecular weight is 392 g/mol. The first-order chi connectivity index (χ1) is 14.0. The summed E-state index contributed by atoms with van der Waals surface area (Å²) in [7, 11) is 5.09. The van der Waals surface area contributed by atoms with Crippen LogP contribution in [-0.4, -0.2) is 29.9 Å². The number of hydrogen-bond acceptors (Lipinski definition) is 5. The van der Waals surface area contributed by atoms with Gasteiger partial charge in [0.05, 0.1) is 31.2 Å². The number of ether oxygens (including phenoxy) is 2. The van der Waals surface area contributed by atoms with E-state index < -0.39 is 6.17 Å². The molecule has 0 radical (unpaired) electrons. The van der Waals surface area contributed by atoms with Gasteiger partial charge in [-0.3, -0.25) is 14.4 Å². The number of benzene rings is 2. The van der Waals surface area contributed by atoms with E-state index in [0.717, 1.165) is 22.6 Å². The summed E-state index contributed by atoms with van der Waals surface area (Å²) in [6, 6.07) is 13.0. The van der Waals surface area contributed by atoms with Gasteiger partial charge < -0.3 is 14.8 Å². The number of fused-ring (bicyclic) bond motifs is 1. The highest BCUT2D eigenvalue weighted by atomic mass is 16.5. The van der Waals surface area contributed by atoms with Gasteiger partial charge in [0, 0.05) is 30.1 Å². The predicted molar refractivity (Wildman–Crippen MR) is 112 cm³/mol.